The molecule has 4 rings (SSSR count). The predicted octanol–water partition coefficient (Wildman–Crippen LogP) is 2.09. The molecule has 1 aromatic carbocycles. The fourth-order valence-corrected chi connectivity index (χ4v) is 3.22. The van der Waals surface area contributed by atoms with Crippen LogP contribution in [-0.4, -0.2) is 36.7 Å². The van der Waals surface area contributed by atoms with Gasteiger partial charge >= 0.3 is 0 Å². The van der Waals surface area contributed by atoms with Gasteiger partial charge in [-0.2, -0.15) is 0 Å². The molecule has 3 heterocycles. The summed E-state index contributed by atoms with van der Waals surface area (Å²) >= 11 is 0. The lowest BCUT2D eigenvalue weighted by atomic mass is 10.1. The first-order valence-corrected chi connectivity index (χ1v) is 8.56. The van der Waals surface area contributed by atoms with Crippen LogP contribution in [0.1, 0.15) is 48.3 Å². The number of amides is 1. The maximum Gasteiger partial charge on any atom is 0.271 e. The number of rotatable bonds is 3. The number of nitrogens with one attached hydrogen (secondary N) is 1. The van der Waals surface area contributed by atoms with Crippen molar-refractivity contribution in [1.29, 1.82) is 0 Å². The summed E-state index contributed by atoms with van der Waals surface area (Å²) in [7, 11) is 0. The molecule has 3 aromatic rings. The zero-order valence-corrected chi connectivity index (χ0v) is 14.3. The normalized spacial score (nSPS) is 16.8. The van der Waals surface area contributed by atoms with Crippen LogP contribution in [-0.2, 0) is 13.0 Å². The number of hydrogen-bond donors (Lipinski definition) is 1. The standard InChI is InChI=1S/C18H20N6O/c1-11(2)17-23-22-16-8-7-12(10-24(16)17)20-18(25)15-9-19-13-5-3-4-6-14(13)21-15/h3-6,9,11-12H,7-8,10H2,1-2H3,(H,20,25)/t12-/m0/s1. The van der Waals surface area contributed by atoms with Crippen molar-refractivity contribution < 1.29 is 4.79 Å². The van der Waals surface area contributed by atoms with E-state index in [0.717, 1.165) is 35.5 Å². The molecule has 1 aliphatic rings. The maximum atomic E-state index is 12.6. The lowest BCUT2D eigenvalue weighted by Crippen LogP contribution is -2.41. The van der Waals surface area contributed by atoms with Crippen LogP contribution in [0.4, 0.5) is 0 Å². The minimum absolute atomic E-state index is 0.0433. The summed E-state index contributed by atoms with van der Waals surface area (Å²) in [5, 5.41) is 11.6. The first-order valence-electron chi connectivity index (χ1n) is 8.56. The van der Waals surface area contributed by atoms with Crippen molar-refractivity contribution in [2.45, 2.75) is 45.2 Å². The molecule has 0 fully saturated rings. The third-order valence-corrected chi connectivity index (χ3v) is 4.51. The Hall–Kier alpha value is -2.83. The molecule has 0 aliphatic carbocycles. The van der Waals surface area contributed by atoms with Crippen molar-refractivity contribution in [3.05, 3.63) is 47.8 Å². The SMILES string of the molecule is CC(C)c1nnc2n1C[C@@H](NC(=O)c1cnc3ccccc3n1)CC2. The maximum absolute atomic E-state index is 12.6. The summed E-state index contributed by atoms with van der Waals surface area (Å²) in [5.74, 6) is 2.09. The summed E-state index contributed by atoms with van der Waals surface area (Å²) in [6.45, 7) is 4.90. The molecule has 0 saturated heterocycles. The molecule has 25 heavy (non-hydrogen) atoms. The molecule has 0 bridgehead atoms. The van der Waals surface area contributed by atoms with Gasteiger partial charge in [-0.25, -0.2) is 4.98 Å². The fraction of sp³-hybridized carbons (Fsp3) is 0.389. The van der Waals surface area contributed by atoms with Gasteiger partial charge in [0.15, 0.2) is 0 Å². The number of carbonyl (C=O) groups excluding carboxylic acids is 1. The molecule has 0 unspecified atom stereocenters. The first-order chi connectivity index (χ1) is 12.1. The number of hydrogen-bond acceptors (Lipinski definition) is 5. The summed E-state index contributed by atoms with van der Waals surface area (Å²) < 4.78 is 2.13. The van der Waals surface area contributed by atoms with Crippen molar-refractivity contribution >= 4 is 16.9 Å². The highest BCUT2D eigenvalue weighted by atomic mass is 16.2. The molecule has 7 nitrogen and oxygen atoms in total. The van der Waals surface area contributed by atoms with Crippen LogP contribution in [0.15, 0.2) is 30.5 Å². The van der Waals surface area contributed by atoms with Crippen LogP contribution in [0.2, 0.25) is 0 Å². The smallest absolute Gasteiger partial charge is 0.271 e. The predicted molar refractivity (Wildman–Crippen MR) is 93.2 cm³/mol. The second-order valence-electron chi connectivity index (χ2n) is 6.69. The number of benzene rings is 1. The average Bonchev–Trinajstić information content (AvgIpc) is 3.04. The van der Waals surface area contributed by atoms with Crippen molar-refractivity contribution in [1.82, 2.24) is 30.0 Å². The van der Waals surface area contributed by atoms with Gasteiger partial charge in [0.05, 0.1) is 17.2 Å². The third-order valence-electron chi connectivity index (χ3n) is 4.51. The van der Waals surface area contributed by atoms with Gasteiger partial charge in [-0.05, 0) is 18.6 Å². The number of fused-ring (bicyclic) bond motifs is 2. The van der Waals surface area contributed by atoms with Gasteiger partial charge in [-0.3, -0.25) is 9.78 Å². The Morgan fingerprint density at radius 2 is 2.04 bits per heavy atom. The van der Waals surface area contributed by atoms with Gasteiger partial charge < -0.3 is 9.88 Å². The number of nitrogens with zero attached hydrogens (tertiary/aromatic N) is 5. The van der Waals surface area contributed by atoms with Crippen LogP contribution < -0.4 is 5.32 Å². The third kappa shape index (κ3) is 2.97. The van der Waals surface area contributed by atoms with Crippen molar-refractivity contribution in [3.63, 3.8) is 0 Å². The highest BCUT2D eigenvalue weighted by Gasteiger charge is 2.25. The topological polar surface area (TPSA) is 85.6 Å². The number of carbonyl (C=O) groups is 1. The van der Waals surface area contributed by atoms with E-state index in [2.05, 4.69) is 43.9 Å². The molecule has 0 radical (unpaired) electrons. The Balaban J connectivity index is 1.51. The summed E-state index contributed by atoms with van der Waals surface area (Å²) in [6, 6.07) is 7.58. The molecular formula is C18H20N6O. The molecule has 1 aliphatic heterocycles. The van der Waals surface area contributed by atoms with E-state index in [1.807, 2.05) is 24.3 Å². The quantitative estimate of drug-likeness (QED) is 0.791. The Kier molecular flexibility index (Phi) is 3.91. The van der Waals surface area contributed by atoms with E-state index in [4.69, 9.17) is 0 Å². The van der Waals surface area contributed by atoms with Gasteiger partial charge in [0.1, 0.15) is 17.3 Å². The van der Waals surface area contributed by atoms with Gasteiger partial charge in [0, 0.05) is 24.9 Å². The summed E-state index contributed by atoms with van der Waals surface area (Å²) in [4.78, 5) is 21.3. The highest BCUT2D eigenvalue weighted by Crippen LogP contribution is 2.20. The van der Waals surface area contributed by atoms with E-state index in [1.165, 1.54) is 6.20 Å². The molecule has 1 atom stereocenters. The van der Waals surface area contributed by atoms with E-state index in [9.17, 15) is 4.79 Å². The number of para-hydroxylation sites is 2. The number of aromatic nitrogens is 5. The fourth-order valence-electron chi connectivity index (χ4n) is 3.22. The van der Waals surface area contributed by atoms with Gasteiger partial charge in [-0.15, -0.1) is 10.2 Å². The monoisotopic (exact) mass is 336 g/mol. The van der Waals surface area contributed by atoms with Gasteiger partial charge in [0.25, 0.3) is 5.91 Å². The molecule has 2 aromatic heterocycles. The Labute approximate surface area is 145 Å². The molecule has 7 heteroatoms. The van der Waals surface area contributed by atoms with Gasteiger partial charge in [-0.1, -0.05) is 26.0 Å². The molecule has 0 spiro atoms. The van der Waals surface area contributed by atoms with E-state index >= 15 is 0 Å². The summed E-state index contributed by atoms with van der Waals surface area (Å²) in [6.07, 6.45) is 3.20. The Morgan fingerprint density at radius 3 is 2.84 bits per heavy atom. The lowest BCUT2D eigenvalue weighted by Gasteiger charge is -2.25. The van der Waals surface area contributed by atoms with Crippen LogP contribution in [0.25, 0.3) is 11.0 Å². The zero-order valence-electron chi connectivity index (χ0n) is 14.3. The molecule has 1 N–H and O–H groups in total. The van der Waals surface area contributed by atoms with Crippen molar-refractivity contribution in [3.8, 4) is 0 Å². The lowest BCUT2D eigenvalue weighted by molar-refractivity contribution is 0.0922. The van der Waals surface area contributed by atoms with Crippen LogP contribution in [0.3, 0.4) is 0 Å². The van der Waals surface area contributed by atoms with Crippen molar-refractivity contribution in [2.75, 3.05) is 0 Å². The Bertz CT molecular complexity index is 932. The van der Waals surface area contributed by atoms with Crippen molar-refractivity contribution in [2.24, 2.45) is 0 Å². The van der Waals surface area contributed by atoms with Crippen LogP contribution in [0, 0.1) is 0 Å². The largest absolute Gasteiger partial charge is 0.346 e. The summed E-state index contributed by atoms with van der Waals surface area (Å²) in [5.41, 5.74) is 1.85. The zero-order chi connectivity index (χ0) is 17.4. The van der Waals surface area contributed by atoms with Crippen LogP contribution in [0.5, 0.6) is 0 Å². The molecule has 128 valence electrons. The second kappa shape index (κ2) is 6.23. The number of aryl methyl sites for hydroxylation is 1. The second-order valence-corrected chi connectivity index (χ2v) is 6.69. The van der Waals surface area contributed by atoms with E-state index in [-0.39, 0.29) is 11.9 Å². The Morgan fingerprint density at radius 1 is 1.24 bits per heavy atom. The van der Waals surface area contributed by atoms with E-state index < -0.39 is 0 Å². The molecule has 0 saturated carbocycles. The first kappa shape index (κ1) is 15.7. The minimum atomic E-state index is -0.189. The molecular weight excluding hydrogens is 316 g/mol. The van der Waals surface area contributed by atoms with Gasteiger partial charge in [0.2, 0.25) is 0 Å². The van der Waals surface area contributed by atoms with Crippen LogP contribution >= 0.6 is 0 Å². The van der Waals surface area contributed by atoms with E-state index in [0.29, 0.717) is 18.2 Å². The van der Waals surface area contributed by atoms with E-state index in [1.54, 1.807) is 0 Å². The highest BCUT2D eigenvalue weighted by molar-refractivity contribution is 5.93. The minimum Gasteiger partial charge on any atom is -0.346 e. The molecule has 1 amide bonds. The average molecular weight is 336 g/mol.